The fraction of sp³-hybridized carbons (Fsp3) is 0.333. The fourth-order valence-electron chi connectivity index (χ4n) is 1.84. The number of aromatic hydroxyl groups is 1. The number of hydrogen-bond donors (Lipinski definition) is 1. The molecule has 0 bridgehead atoms. The van der Waals surface area contributed by atoms with Gasteiger partial charge in [-0.1, -0.05) is 0 Å². The summed E-state index contributed by atoms with van der Waals surface area (Å²) in [4.78, 5) is 4.36. The van der Waals surface area contributed by atoms with Gasteiger partial charge in [0.05, 0.1) is 5.56 Å². The third-order valence-corrected chi connectivity index (χ3v) is 2.92. The molecule has 17 heavy (non-hydrogen) atoms. The standard InChI is InChI=1S/C12H12FN3O/c1-16-12(14-11(15-16)7-2-3-7)9-5-4-8(17)6-10(9)13/h4-7,17H,2-3H2,1H3. The van der Waals surface area contributed by atoms with E-state index >= 15 is 0 Å². The fourth-order valence-corrected chi connectivity index (χ4v) is 1.84. The van der Waals surface area contributed by atoms with E-state index in [1.165, 1.54) is 12.1 Å². The van der Waals surface area contributed by atoms with E-state index in [1.807, 2.05) is 0 Å². The predicted molar refractivity (Wildman–Crippen MR) is 60.0 cm³/mol. The smallest absolute Gasteiger partial charge is 0.161 e. The second kappa shape index (κ2) is 3.55. The number of aryl methyl sites for hydroxylation is 1. The SMILES string of the molecule is Cn1nc(C2CC2)nc1-c1ccc(O)cc1F. The van der Waals surface area contributed by atoms with Crippen molar-refractivity contribution in [3.05, 3.63) is 29.8 Å². The first kappa shape index (κ1) is 10.3. The van der Waals surface area contributed by atoms with Crippen molar-refractivity contribution < 1.29 is 9.50 Å². The summed E-state index contributed by atoms with van der Waals surface area (Å²) >= 11 is 0. The molecule has 0 aliphatic heterocycles. The summed E-state index contributed by atoms with van der Waals surface area (Å²) in [5, 5.41) is 13.5. The number of nitrogens with zero attached hydrogens (tertiary/aromatic N) is 3. The number of rotatable bonds is 2. The van der Waals surface area contributed by atoms with Gasteiger partial charge in [-0.05, 0) is 25.0 Å². The molecule has 1 saturated carbocycles. The van der Waals surface area contributed by atoms with Gasteiger partial charge in [0.15, 0.2) is 11.6 Å². The van der Waals surface area contributed by atoms with Crippen LogP contribution in [-0.2, 0) is 7.05 Å². The lowest BCUT2D eigenvalue weighted by Gasteiger charge is -2.02. The Bertz CT molecular complexity index is 575. The highest BCUT2D eigenvalue weighted by molar-refractivity contribution is 5.57. The van der Waals surface area contributed by atoms with Crippen LogP contribution in [0, 0.1) is 5.82 Å². The van der Waals surface area contributed by atoms with Gasteiger partial charge in [-0.25, -0.2) is 14.1 Å². The van der Waals surface area contributed by atoms with E-state index < -0.39 is 5.82 Å². The van der Waals surface area contributed by atoms with Crippen LogP contribution >= 0.6 is 0 Å². The molecule has 2 aromatic rings. The Morgan fingerprint density at radius 1 is 1.41 bits per heavy atom. The van der Waals surface area contributed by atoms with Gasteiger partial charge < -0.3 is 5.11 Å². The van der Waals surface area contributed by atoms with Crippen molar-refractivity contribution in [3.8, 4) is 17.1 Å². The van der Waals surface area contributed by atoms with Gasteiger partial charge >= 0.3 is 0 Å². The molecule has 1 heterocycles. The van der Waals surface area contributed by atoms with Crippen LogP contribution in [0.1, 0.15) is 24.6 Å². The first-order valence-corrected chi connectivity index (χ1v) is 5.55. The summed E-state index contributed by atoms with van der Waals surface area (Å²) in [5.41, 5.74) is 0.365. The second-order valence-corrected chi connectivity index (χ2v) is 4.36. The average Bonchev–Trinajstić information content (AvgIpc) is 3.04. The van der Waals surface area contributed by atoms with Gasteiger partial charge in [0.1, 0.15) is 11.6 Å². The molecule has 0 atom stereocenters. The van der Waals surface area contributed by atoms with Crippen LogP contribution in [0.5, 0.6) is 5.75 Å². The summed E-state index contributed by atoms with van der Waals surface area (Å²) in [5.74, 6) is 1.16. The normalized spacial score (nSPS) is 15.2. The number of phenols is 1. The number of hydrogen-bond acceptors (Lipinski definition) is 3. The molecule has 4 nitrogen and oxygen atoms in total. The summed E-state index contributed by atoms with van der Waals surface area (Å²) in [6.45, 7) is 0. The highest BCUT2D eigenvalue weighted by Crippen LogP contribution is 2.39. The van der Waals surface area contributed by atoms with E-state index in [0.29, 0.717) is 17.3 Å². The molecular formula is C12H12FN3O. The molecule has 1 aliphatic carbocycles. The van der Waals surface area contributed by atoms with E-state index in [2.05, 4.69) is 10.1 Å². The van der Waals surface area contributed by atoms with Crippen molar-refractivity contribution in [2.75, 3.05) is 0 Å². The Kier molecular flexibility index (Phi) is 2.14. The highest BCUT2D eigenvalue weighted by Gasteiger charge is 2.29. The van der Waals surface area contributed by atoms with E-state index in [1.54, 1.807) is 11.7 Å². The largest absolute Gasteiger partial charge is 0.508 e. The predicted octanol–water partition coefficient (Wildman–Crippen LogP) is 2.20. The maximum absolute atomic E-state index is 13.7. The van der Waals surface area contributed by atoms with Crippen LogP contribution < -0.4 is 0 Å². The number of benzene rings is 1. The lowest BCUT2D eigenvalue weighted by Crippen LogP contribution is -1.96. The Labute approximate surface area is 97.7 Å². The maximum atomic E-state index is 13.7. The molecule has 0 saturated heterocycles. The summed E-state index contributed by atoms with van der Waals surface area (Å²) in [6, 6.07) is 4.05. The minimum Gasteiger partial charge on any atom is -0.508 e. The van der Waals surface area contributed by atoms with Gasteiger partial charge in [0, 0.05) is 19.0 Å². The molecule has 0 amide bonds. The van der Waals surface area contributed by atoms with Crippen LogP contribution in [0.15, 0.2) is 18.2 Å². The third kappa shape index (κ3) is 1.77. The van der Waals surface area contributed by atoms with Gasteiger partial charge in [-0.15, -0.1) is 0 Å². The lowest BCUT2D eigenvalue weighted by atomic mass is 10.2. The molecule has 1 aliphatic rings. The van der Waals surface area contributed by atoms with Crippen molar-refractivity contribution in [3.63, 3.8) is 0 Å². The molecule has 1 aromatic carbocycles. The topological polar surface area (TPSA) is 50.9 Å². The lowest BCUT2D eigenvalue weighted by molar-refractivity contribution is 0.469. The molecule has 3 rings (SSSR count). The quantitative estimate of drug-likeness (QED) is 0.865. The highest BCUT2D eigenvalue weighted by atomic mass is 19.1. The maximum Gasteiger partial charge on any atom is 0.161 e. The zero-order valence-electron chi connectivity index (χ0n) is 9.39. The van der Waals surface area contributed by atoms with Crippen LogP contribution in [0.3, 0.4) is 0 Å². The zero-order valence-corrected chi connectivity index (χ0v) is 9.39. The average molecular weight is 233 g/mol. The van der Waals surface area contributed by atoms with Crippen LogP contribution in [-0.4, -0.2) is 19.9 Å². The second-order valence-electron chi connectivity index (χ2n) is 4.36. The van der Waals surface area contributed by atoms with E-state index in [4.69, 9.17) is 0 Å². The summed E-state index contributed by atoms with van der Waals surface area (Å²) < 4.78 is 15.3. The molecule has 1 fully saturated rings. The Hall–Kier alpha value is -1.91. The van der Waals surface area contributed by atoms with Gasteiger partial charge in [0.25, 0.3) is 0 Å². The molecular weight excluding hydrogens is 221 g/mol. The summed E-state index contributed by atoms with van der Waals surface area (Å²) in [7, 11) is 1.75. The van der Waals surface area contributed by atoms with E-state index in [9.17, 15) is 9.50 Å². The minimum atomic E-state index is -0.483. The Morgan fingerprint density at radius 2 is 2.18 bits per heavy atom. The van der Waals surface area contributed by atoms with Crippen molar-refractivity contribution in [1.82, 2.24) is 14.8 Å². The van der Waals surface area contributed by atoms with Crippen LogP contribution in [0.25, 0.3) is 11.4 Å². The minimum absolute atomic E-state index is 0.0872. The Balaban J connectivity index is 2.07. The molecule has 1 N–H and O–H groups in total. The first-order valence-electron chi connectivity index (χ1n) is 5.55. The Morgan fingerprint density at radius 3 is 2.82 bits per heavy atom. The van der Waals surface area contributed by atoms with Crippen LogP contribution in [0.4, 0.5) is 4.39 Å². The zero-order chi connectivity index (χ0) is 12.0. The third-order valence-electron chi connectivity index (χ3n) is 2.92. The van der Waals surface area contributed by atoms with Gasteiger partial charge in [-0.2, -0.15) is 5.10 Å². The van der Waals surface area contributed by atoms with Crippen molar-refractivity contribution in [2.45, 2.75) is 18.8 Å². The van der Waals surface area contributed by atoms with E-state index in [-0.39, 0.29) is 5.75 Å². The molecule has 0 spiro atoms. The monoisotopic (exact) mass is 233 g/mol. The van der Waals surface area contributed by atoms with Crippen molar-refractivity contribution in [2.24, 2.45) is 7.05 Å². The molecule has 88 valence electrons. The van der Waals surface area contributed by atoms with E-state index in [0.717, 1.165) is 24.7 Å². The van der Waals surface area contributed by atoms with Gasteiger partial charge in [0.2, 0.25) is 0 Å². The molecule has 1 aromatic heterocycles. The number of halogens is 1. The molecule has 0 unspecified atom stereocenters. The number of aromatic nitrogens is 3. The van der Waals surface area contributed by atoms with Crippen LogP contribution in [0.2, 0.25) is 0 Å². The van der Waals surface area contributed by atoms with Crippen molar-refractivity contribution in [1.29, 1.82) is 0 Å². The number of phenolic OH excluding ortho intramolecular Hbond substituents is 1. The van der Waals surface area contributed by atoms with Gasteiger partial charge in [-0.3, -0.25) is 0 Å². The molecule has 0 radical (unpaired) electrons. The summed E-state index contributed by atoms with van der Waals surface area (Å²) in [6.07, 6.45) is 2.23. The molecule has 5 heteroatoms. The first-order chi connectivity index (χ1) is 8.15. The van der Waals surface area contributed by atoms with Crippen molar-refractivity contribution >= 4 is 0 Å².